The summed E-state index contributed by atoms with van der Waals surface area (Å²) in [5, 5.41) is 11.3. The number of aromatic nitrogens is 4. The summed E-state index contributed by atoms with van der Waals surface area (Å²) in [5.74, 6) is -0.215. The second kappa shape index (κ2) is 3.21. The molecular weight excluding hydrogens is 170 g/mol. The number of nitrogens with zero attached hydrogens (tertiary/aromatic N) is 4. The van der Waals surface area contributed by atoms with E-state index in [9.17, 15) is 4.79 Å². The van der Waals surface area contributed by atoms with E-state index in [0.29, 0.717) is 0 Å². The van der Waals surface area contributed by atoms with Crippen LogP contribution in [-0.2, 0) is 5.54 Å². The van der Waals surface area contributed by atoms with Gasteiger partial charge in [0.25, 0.3) is 0 Å². The zero-order chi connectivity index (χ0) is 10.1. The van der Waals surface area contributed by atoms with E-state index in [1.165, 1.54) is 4.80 Å². The molecule has 0 aromatic carbocycles. The van der Waals surface area contributed by atoms with Gasteiger partial charge in [0.1, 0.15) is 0 Å². The van der Waals surface area contributed by atoms with Crippen molar-refractivity contribution in [2.75, 3.05) is 6.54 Å². The number of carbonyl (C=O) groups is 1. The first-order valence-electron chi connectivity index (χ1n) is 3.99. The predicted octanol–water partition coefficient (Wildman–Crippen LogP) is -0.430. The largest absolute Gasteiger partial charge is 0.324 e. The molecule has 1 aromatic heterocycles. The zero-order valence-corrected chi connectivity index (χ0v) is 7.98. The molecule has 0 spiro atoms. The third kappa shape index (κ3) is 2.09. The number of rotatable bonds is 2. The van der Waals surface area contributed by atoms with Gasteiger partial charge in [-0.15, -0.1) is 10.2 Å². The number of tetrazole rings is 1. The van der Waals surface area contributed by atoms with Gasteiger partial charge < -0.3 is 5.73 Å². The molecule has 0 fully saturated rings. The van der Waals surface area contributed by atoms with Crippen LogP contribution in [-0.4, -0.2) is 32.5 Å². The van der Waals surface area contributed by atoms with E-state index in [1.807, 2.05) is 20.8 Å². The number of ketones is 1. The van der Waals surface area contributed by atoms with Crippen LogP contribution in [0.25, 0.3) is 0 Å². The summed E-state index contributed by atoms with van der Waals surface area (Å²) in [6.07, 6.45) is 0. The first kappa shape index (κ1) is 9.79. The average Bonchev–Trinajstić information content (AvgIpc) is 2.50. The predicted molar refractivity (Wildman–Crippen MR) is 46.2 cm³/mol. The summed E-state index contributed by atoms with van der Waals surface area (Å²) in [6.45, 7) is 5.68. The molecule has 0 unspecified atom stereocenters. The fraction of sp³-hybridized carbons (Fsp3) is 0.714. The van der Waals surface area contributed by atoms with Gasteiger partial charge in [-0.1, -0.05) is 0 Å². The number of Topliss-reactive ketones (excluding diaryl/α,β-unsaturated/α-hetero) is 1. The Hall–Kier alpha value is -1.30. The van der Waals surface area contributed by atoms with Crippen molar-refractivity contribution in [2.24, 2.45) is 5.73 Å². The molecule has 6 heteroatoms. The van der Waals surface area contributed by atoms with Gasteiger partial charge >= 0.3 is 0 Å². The van der Waals surface area contributed by atoms with Gasteiger partial charge in [0.2, 0.25) is 11.6 Å². The Balaban J connectivity index is 2.93. The second-order valence-electron chi connectivity index (χ2n) is 3.70. The normalized spacial score (nSPS) is 11.7. The van der Waals surface area contributed by atoms with Crippen LogP contribution >= 0.6 is 0 Å². The highest BCUT2D eigenvalue weighted by Crippen LogP contribution is 2.08. The van der Waals surface area contributed by atoms with E-state index in [2.05, 4.69) is 15.4 Å². The molecule has 1 heterocycles. The van der Waals surface area contributed by atoms with Crippen LogP contribution in [0.2, 0.25) is 0 Å². The Morgan fingerprint density at radius 3 is 2.54 bits per heavy atom. The lowest BCUT2D eigenvalue weighted by atomic mass is 10.1. The van der Waals surface area contributed by atoms with Gasteiger partial charge in [-0.2, -0.15) is 4.80 Å². The van der Waals surface area contributed by atoms with Crippen LogP contribution in [0.3, 0.4) is 0 Å². The van der Waals surface area contributed by atoms with Crippen molar-refractivity contribution in [1.82, 2.24) is 20.2 Å². The van der Waals surface area contributed by atoms with Crippen molar-refractivity contribution in [1.29, 1.82) is 0 Å². The van der Waals surface area contributed by atoms with Gasteiger partial charge in [0.15, 0.2) is 0 Å². The molecule has 0 aliphatic carbocycles. The van der Waals surface area contributed by atoms with Crippen molar-refractivity contribution in [2.45, 2.75) is 26.3 Å². The minimum absolute atomic E-state index is 0.0809. The second-order valence-corrected chi connectivity index (χ2v) is 3.70. The monoisotopic (exact) mass is 183 g/mol. The highest BCUT2D eigenvalue weighted by Gasteiger charge is 2.19. The van der Waals surface area contributed by atoms with Gasteiger partial charge in [0.05, 0.1) is 12.1 Å². The lowest BCUT2D eigenvalue weighted by molar-refractivity contribution is 0.0990. The van der Waals surface area contributed by atoms with Gasteiger partial charge in [-0.25, -0.2) is 0 Å². The highest BCUT2D eigenvalue weighted by molar-refractivity contribution is 5.93. The molecule has 0 aliphatic rings. The van der Waals surface area contributed by atoms with Gasteiger partial charge in [-0.05, 0) is 26.0 Å². The van der Waals surface area contributed by atoms with E-state index in [4.69, 9.17) is 5.73 Å². The minimum Gasteiger partial charge on any atom is -0.324 e. The van der Waals surface area contributed by atoms with Crippen molar-refractivity contribution in [3.05, 3.63) is 5.82 Å². The molecular formula is C7H13N5O. The molecule has 0 saturated carbocycles. The quantitative estimate of drug-likeness (QED) is 0.628. The van der Waals surface area contributed by atoms with Crippen molar-refractivity contribution < 1.29 is 4.79 Å². The van der Waals surface area contributed by atoms with Crippen LogP contribution in [0.1, 0.15) is 31.4 Å². The smallest absolute Gasteiger partial charge is 0.241 e. The van der Waals surface area contributed by atoms with E-state index >= 15 is 0 Å². The van der Waals surface area contributed by atoms with E-state index in [-0.39, 0.29) is 23.7 Å². The van der Waals surface area contributed by atoms with Crippen LogP contribution < -0.4 is 5.73 Å². The Morgan fingerprint density at radius 1 is 1.54 bits per heavy atom. The molecule has 2 N–H and O–H groups in total. The molecule has 13 heavy (non-hydrogen) atoms. The summed E-state index contributed by atoms with van der Waals surface area (Å²) in [5.41, 5.74) is 4.89. The van der Waals surface area contributed by atoms with Crippen LogP contribution in [0.4, 0.5) is 0 Å². The third-order valence-electron chi connectivity index (χ3n) is 1.45. The molecule has 0 aliphatic heterocycles. The fourth-order valence-electron chi connectivity index (χ4n) is 0.701. The van der Waals surface area contributed by atoms with E-state index in [1.54, 1.807) is 0 Å². The first-order valence-corrected chi connectivity index (χ1v) is 3.99. The first-order chi connectivity index (χ1) is 5.95. The van der Waals surface area contributed by atoms with Crippen LogP contribution in [0.15, 0.2) is 0 Å². The number of hydrogen-bond donors (Lipinski definition) is 1. The Bertz CT molecular complexity index is 311. The maximum atomic E-state index is 11.1. The van der Waals surface area contributed by atoms with E-state index < -0.39 is 0 Å². The molecule has 1 rings (SSSR count). The summed E-state index contributed by atoms with van der Waals surface area (Å²) in [7, 11) is 0. The third-order valence-corrected chi connectivity index (χ3v) is 1.45. The molecule has 0 atom stereocenters. The number of nitrogens with two attached hydrogens (primary N) is 1. The Labute approximate surface area is 76.1 Å². The standard InChI is InChI=1S/C7H13N5O/c1-7(2,3)12-10-6(9-11-12)5(13)4-8/h4,8H2,1-3H3. The Morgan fingerprint density at radius 2 is 2.15 bits per heavy atom. The summed E-state index contributed by atoms with van der Waals surface area (Å²) in [4.78, 5) is 12.4. The lowest BCUT2D eigenvalue weighted by Crippen LogP contribution is -2.25. The molecule has 0 saturated heterocycles. The summed E-state index contributed by atoms with van der Waals surface area (Å²) >= 11 is 0. The topological polar surface area (TPSA) is 86.7 Å². The molecule has 0 amide bonds. The van der Waals surface area contributed by atoms with Crippen LogP contribution in [0.5, 0.6) is 0 Å². The fourth-order valence-corrected chi connectivity index (χ4v) is 0.701. The van der Waals surface area contributed by atoms with Gasteiger partial charge in [-0.3, -0.25) is 4.79 Å². The maximum Gasteiger partial charge on any atom is 0.241 e. The van der Waals surface area contributed by atoms with Gasteiger partial charge in [0, 0.05) is 0 Å². The Kier molecular flexibility index (Phi) is 2.42. The summed E-state index contributed by atoms with van der Waals surface area (Å²) in [6, 6.07) is 0. The minimum atomic E-state index is -0.296. The van der Waals surface area contributed by atoms with E-state index in [0.717, 1.165) is 0 Å². The SMILES string of the molecule is CC(C)(C)n1nnc(C(=O)CN)n1. The molecule has 72 valence electrons. The number of hydrogen-bond acceptors (Lipinski definition) is 5. The van der Waals surface area contributed by atoms with Crippen molar-refractivity contribution in [3.8, 4) is 0 Å². The molecule has 1 aromatic rings. The average molecular weight is 183 g/mol. The maximum absolute atomic E-state index is 11.1. The zero-order valence-electron chi connectivity index (χ0n) is 7.98. The lowest BCUT2D eigenvalue weighted by Gasteiger charge is -2.15. The molecule has 0 bridgehead atoms. The van der Waals surface area contributed by atoms with Crippen molar-refractivity contribution in [3.63, 3.8) is 0 Å². The highest BCUT2D eigenvalue weighted by atomic mass is 16.1. The summed E-state index contributed by atoms with van der Waals surface area (Å²) < 4.78 is 0. The number of carbonyl (C=O) groups excluding carboxylic acids is 1. The van der Waals surface area contributed by atoms with Crippen LogP contribution in [0, 0.1) is 0 Å². The van der Waals surface area contributed by atoms with Crippen molar-refractivity contribution >= 4 is 5.78 Å². The molecule has 6 nitrogen and oxygen atoms in total. The molecule has 0 radical (unpaired) electrons.